The van der Waals surface area contributed by atoms with E-state index < -0.39 is 17.8 Å². The highest BCUT2D eigenvalue weighted by Gasteiger charge is 2.19. The maximum Gasteiger partial charge on any atom is 0.315 e. The number of carboxylic acids is 1. The van der Waals surface area contributed by atoms with Crippen LogP contribution in [0.25, 0.3) is 11.4 Å². The first kappa shape index (κ1) is 16.6. The molecule has 1 heterocycles. The first-order valence-corrected chi connectivity index (χ1v) is 7.06. The van der Waals surface area contributed by atoms with Crippen molar-refractivity contribution in [2.45, 2.75) is 19.8 Å². The zero-order valence-electron chi connectivity index (χ0n) is 12.5. The van der Waals surface area contributed by atoms with E-state index in [1.165, 1.54) is 19.1 Å². The van der Waals surface area contributed by atoms with Crippen molar-refractivity contribution in [3.05, 3.63) is 36.0 Å². The van der Waals surface area contributed by atoms with E-state index in [0.717, 1.165) is 0 Å². The molecule has 2 rings (SSSR count). The molecular weight excluding hydrogens is 305 g/mol. The second kappa shape index (κ2) is 7.48. The lowest BCUT2D eigenvalue weighted by atomic mass is 10.1. The quantitative estimate of drug-likeness (QED) is 0.593. The van der Waals surface area contributed by atoms with Crippen LogP contribution in [0, 0.1) is 11.7 Å². The Hall–Kier alpha value is -2.77. The standard InChI is InChI=1S/C15H16FN3O4/c1-9(15(21)22)14(20)17-8-2-3-12-18-13(19-23-12)10-4-6-11(16)7-5-10/h4-7,9H,2-3,8H2,1H3,(H,17,20)(H,21,22). The molecule has 1 aromatic heterocycles. The number of amides is 1. The van der Waals surface area contributed by atoms with Gasteiger partial charge < -0.3 is 14.9 Å². The molecule has 0 aliphatic rings. The van der Waals surface area contributed by atoms with E-state index in [1.54, 1.807) is 12.1 Å². The fraction of sp³-hybridized carbons (Fsp3) is 0.333. The van der Waals surface area contributed by atoms with Crippen LogP contribution in [0.2, 0.25) is 0 Å². The van der Waals surface area contributed by atoms with Crippen LogP contribution in [0.1, 0.15) is 19.2 Å². The lowest BCUT2D eigenvalue weighted by Crippen LogP contribution is -2.34. The molecule has 1 unspecified atom stereocenters. The van der Waals surface area contributed by atoms with Crippen LogP contribution in [0.3, 0.4) is 0 Å². The van der Waals surface area contributed by atoms with Crippen LogP contribution in [0.5, 0.6) is 0 Å². The molecule has 2 aromatic rings. The van der Waals surface area contributed by atoms with Gasteiger partial charge in [-0.25, -0.2) is 4.39 Å². The molecular formula is C15H16FN3O4. The third-order valence-corrected chi connectivity index (χ3v) is 3.20. The zero-order valence-corrected chi connectivity index (χ0v) is 12.5. The molecule has 1 amide bonds. The van der Waals surface area contributed by atoms with Crippen LogP contribution in [0.4, 0.5) is 4.39 Å². The van der Waals surface area contributed by atoms with Gasteiger partial charge in [0.05, 0.1) is 0 Å². The number of hydrogen-bond acceptors (Lipinski definition) is 5. The number of carbonyl (C=O) groups excluding carboxylic acids is 1. The Bertz CT molecular complexity index is 684. The summed E-state index contributed by atoms with van der Waals surface area (Å²) in [5.74, 6) is -2.36. The minimum atomic E-state index is -1.16. The molecule has 0 saturated heterocycles. The molecule has 0 bridgehead atoms. The number of hydrogen-bond donors (Lipinski definition) is 2. The number of aryl methyl sites for hydroxylation is 1. The van der Waals surface area contributed by atoms with E-state index >= 15 is 0 Å². The maximum absolute atomic E-state index is 12.8. The minimum Gasteiger partial charge on any atom is -0.481 e. The highest BCUT2D eigenvalue weighted by atomic mass is 19.1. The average molecular weight is 321 g/mol. The van der Waals surface area contributed by atoms with E-state index in [4.69, 9.17) is 9.63 Å². The summed E-state index contributed by atoms with van der Waals surface area (Å²) in [6.07, 6.45) is 0.971. The lowest BCUT2D eigenvalue weighted by molar-refractivity contribution is -0.146. The molecule has 1 atom stereocenters. The van der Waals surface area contributed by atoms with E-state index in [2.05, 4.69) is 15.5 Å². The summed E-state index contributed by atoms with van der Waals surface area (Å²) in [7, 11) is 0. The number of carbonyl (C=O) groups is 2. The van der Waals surface area contributed by atoms with Gasteiger partial charge in [-0.05, 0) is 37.6 Å². The van der Waals surface area contributed by atoms with Crippen molar-refractivity contribution in [1.82, 2.24) is 15.5 Å². The maximum atomic E-state index is 12.8. The van der Waals surface area contributed by atoms with E-state index in [1.807, 2.05) is 0 Å². The second-order valence-corrected chi connectivity index (χ2v) is 4.97. The Morgan fingerprint density at radius 3 is 2.70 bits per heavy atom. The van der Waals surface area contributed by atoms with E-state index in [-0.39, 0.29) is 5.82 Å². The zero-order chi connectivity index (χ0) is 16.8. The molecule has 7 nitrogen and oxygen atoms in total. The van der Waals surface area contributed by atoms with Crippen LogP contribution in [-0.2, 0) is 16.0 Å². The SMILES string of the molecule is CC(C(=O)O)C(=O)NCCCc1nc(-c2ccc(F)cc2)no1. The monoisotopic (exact) mass is 321 g/mol. The number of nitrogens with one attached hydrogen (secondary N) is 1. The first-order valence-electron chi connectivity index (χ1n) is 7.06. The van der Waals surface area contributed by atoms with Gasteiger partial charge in [0.1, 0.15) is 11.7 Å². The van der Waals surface area contributed by atoms with Crippen LogP contribution in [-0.4, -0.2) is 33.7 Å². The van der Waals surface area contributed by atoms with Gasteiger partial charge in [-0.1, -0.05) is 5.16 Å². The Balaban J connectivity index is 1.80. The Morgan fingerprint density at radius 2 is 2.04 bits per heavy atom. The van der Waals surface area contributed by atoms with Crippen LogP contribution >= 0.6 is 0 Å². The molecule has 0 spiro atoms. The van der Waals surface area contributed by atoms with Gasteiger partial charge in [0.25, 0.3) is 0 Å². The topological polar surface area (TPSA) is 105 Å². The normalized spacial score (nSPS) is 11.9. The Labute approximate surface area is 131 Å². The minimum absolute atomic E-state index is 0.310. The number of nitrogens with zero attached hydrogens (tertiary/aromatic N) is 2. The Morgan fingerprint density at radius 1 is 1.35 bits per heavy atom. The van der Waals surface area contributed by atoms with Gasteiger partial charge in [-0.2, -0.15) is 4.98 Å². The number of aliphatic carboxylic acids is 1. The number of rotatable bonds is 7. The van der Waals surface area contributed by atoms with Gasteiger partial charge >= 0.3 is 5.97 Å². The van der Waals surface area contributed by atoms with E-state index in [9.17, 15) is 14.0 Å². The van der Waals surface area contributed by atoms with Crippen molar-refractivity contribution in [2.24, 2.45) is 5.92 Å². The van der Waals surface area contributed by atoms with Gasteiger partial charge in [0, 0.05) is 18.5 Å². The van der Waals surface area contributed by atoms with Crippen molar-refractivity contribution in [2.75, 3.05) is 6.54 Å². The highest BCUT2D eigenvalue weighted by Crippen LogP contribution is 2.16. The number of halogens is 1. The molecule has 0 fully saturated rings. The summed E-state index contributed by atoms with van der Waals surface area (Å²) >= 11 is 0. The predicted molar refractivity (Wildman–Crippen MR) is 77.8 cm³/mol. The molecule has 122 valence electrons. The lowest BCUT2D eigenvalue weighted by Gasteiger charge is -2.06. The van der Waals surface area contributed by atoms with Gasteiger partial charge in [0.15, 0.2) is 0 Å². The molecule has 2 N–H and O–H groups in total. The number of aromatic nitrogens is 2. The predicted octanol–water partition coefficient (Wildman–Crippen LogP) is 1.65. The van der Waals surface area contributed by atoms with Gasteiger partial charge in [-0.15, -0.1) is 0 Å². The first-order chi connectivity index (χ1) is 11.0. The molecule has 0 aliphatic heterocycles. The summed E-state index contributed by atoms with van der Waals surface area (Å²) in [6.45, 7) is 1.63. The highest BCUT2D eigenvalue weighted by molar-refractivity contribution is 5.96. The molecule has 0 aliphatic carbocycles. The summed E-state index contributed by atoms with van der Waals surface area (Å²) in [5, 5.41) is 15.0. The summed E-state index contributed by atoms with van der Waals surface area (Å²) in [4.78, 5) is 26.3. The van der Waals surface area contributed by atoms with Crippen molar-refractivity contribution in [3.8, 4) is 11.4 Å². The summed E-state index contributed by atoms with van der Waals surface area (Å²) in [5.41, 5.74) is 0.644. The second-order valence-electron chi connectivity index (χ2n) is 4.97. The summed E-state index contributed by atoms with van der Waals surface area (Å²) in [6, 6.07) is 5.73. The fourth-order valence-corrected chi connectivity index (χ4v) is 1.79. The number of benzene rings is 1. The van der Waals surface area contributed by atoms with Gasteiger partial charge in [0.2, 0.25) is 17.6 Å². The van der Waals surface area contributed by atoms with Crippen LogP contribution in [0.15, 0.2) is 28.8 Å². The van der Waals surface area contributed by atoms with Crippen molar-refractivity contribution in [1.29, 1.82) is 0 Å². The van der Waals surface area contributed by atoms with Gasteiger partial charge in [-0.3, -0.25) is 9.59 Å². The van der Waals surface area contributed by atoms with Crippen molar-refractivity contribution in [3.63, 3.8) is 0 Å². The molecule has 1 aromatic carbocycles. The summed E-state index contributed by atoms with van der Waals surface area (Å²) < 4.78 is 17.9. The Kier molecular flexibility index (Phi) is 5.40. The third kappa shape index (κ3) is 4.60. The molecule has 0 saturated carbocycles. The fourth-order valence-electron chi connectivity index (χ4n) is 1.79. The smallest absolute Gasteiger partial charge is 0.315 e. The molecule has 0 radical (unpaired) electrons. The van der Waals surface area contributed by atoms with Crippen molar-refractivity contribution >= 4 is 11.9 Å². The largest absolute Gasteiger partial charge is 0.481 e. The van der Waals surface area contributed by atoms with E-state index in [0.29, 0.717) is 36.7 Å². The van der Waals surface area contributed by atoms with Crippen LogP contribution < -0.4 is 5.32 Å². The number of carboxylic acid groups (broad SMARTS) is 1. The third-order valence-electron chi connectivity index (χ3n) is 3.20. The molecule has 8 heteroatoms. The average Bonchev–Trinajstić information content (AvgIpc) is 3.00. The molecule has 23 heavy (non-hydrogen) atoms. The van der Waals surface area contributed by atoms with Crippen molar-refractivity contribution < 1.29 is 23.6 Å².